The largest absolute Gasteiger partial charge is 0.465 e. The summed E-state index contributed by atoms with van der Waals surface area (Å²) in [7, 11) is 1.38. The standard InChI is InChI=1S/C16H14N2O2/c1-20-16(19)12-2-7-15-11(10-12)8-9-18(15)14-5-3-13(17)4-6-14/h2-10H,17H2,1H3. The molecule has 0 amide bonds. The molecule has 1 aromatic heterocycles. The molecular formula is C16H14N2O2. The molecule has 1 heterocycles. The fourth-order valence-corrected chi connectivity index (χ4v) is 2.25. The van der Waals surface area contributed by atoms with E-state index < -0.39 is 0 Å². The Morgan fingerprint density at radius 3 is 2.55 bits per heavy atom. The van der Waals surface area contributed by atoms with Gasteiger partial charge in [-0.15, -0.1) is 0 Å². The molecule has 0 bridgehead atoms. The van der Waals surface area contributed by atoms with Crippen molar-refractivity contribution >= 4 is 22.6 Å². The van der Waals surface area contributed by atoms with Gasteiger partial charge >= 0.3 is 5.97 Å². The maximum Gasteiger partial charge on any atom is 0.337 e. The number of nitrogens with two attached hydrogens (primary N) is 1. The molecule has 2 N–H and O–H groups in total. The second-order valence-electron chi connectivity index (χ2n) is 4.54. The first-order chi connectivity index (χ1) is 9.69. The van der Waals surface area contributed by atoms with E-state index >= 15 is 0 Å². The van der Waals surface area contributed by atoms with Crippen molar-refractivity contribution in [1.82, 2.24) is 4.57 Å². The van der Waals surface area contributed by atoms with E-state index in [4.69, 9.17) is 10.5 Å². The molecule has 0 atom stereocenters. The third-order valence-corrected chi connectivity index (χ3v) is 3.28. The van der Waals surface area contributed by atoms with Gasteiger partial charge in [-0.05, 0) is 48.5 Å². The number of ether oxygens (including phenoxy) is 1. The first-order valence-corrected chi connectivity index (χ1v) is 6.24. The minimum atomic E-state index is -0.327. The molecule has 0 aliphatic rings. The van der Waals surface area contributed by atoms with E-state index in [0.717, 1.165) is 22.3 Å². The van der Waals surface area contributed by atoms with Crippen molar-refractivity contribution in [3.63, 3.8) is 0 Å². The van der Waals surface area contributed by atoms with Gasteiger partial charge in [-0.1, -0.05) is 0 Å². The number of anilines is 1. The summed E-state index contributed by atoms with van der Waals surface area (Å²) in [5.41, 5.74) is 9.04. The number of esters is 1. The van der Waals surface area contributed by atoms with E-state index in [-0.39, 0.29) is 5.97 Å². The number of benzene rings is 2. The van der Waals surface area contributed by atoms with Crippen LogP contribution in [0.2, 0.25) is 0 Å². The van der Waals surface area contributed by atoms with Gasteiger partial charge in [0.25, 0.3) is 0 Å². The summed E-state index contributed by atoms with van der Waals surface area (Å²) in [6.45, 7) is 0. The number of carbonyl (C=O) groups is 1. The minimum absolute atomic E-state index is 0.327. The van der Waals surface area contributed by atoms with Gasteiger partial charge in [-0.2, -0.15) is 0 Å². The highest BCUT2D eigenvalue weighted by atomic mass is 16.5. The van der Waals surface area contributed by atoms with Crippen LogP contribution in [0.4, 0.5) is 5.69 Å². The zero-order valence-corrected chi connectivity index (χ0v) is 11.0. The molecule has 0 unspecified atom stereocenters. The lowest BCUT2D eigenvalue weighted by Gasteiger charge is -2.06. The van der Waals surface area contributed by atoms with Gasteiger partial charge in [0.2, 0.25) is 0 Å². The fourth-order valence-electron chi connectivity index (χ4n) is 2.25. The molecule has 0 spiro atoms. The second-order valence-corrected chi connectivity index (χ2v) is 4.54. The summed E-state index contributed by atoms with van der Waals surface area (Å²) in [4.78, 5) is 11.5. The molecule has 0 aliphatic carbocycles. The molecule has 3 rings (SSSR count). The van der Waals surface area contributed by atoms with Gasteiger partial charge < -0.3 is 15.0 Å². The van der Waals surface area contributed by atoms with Crippen LogP contribution in [0.3, 0.4) is 0 Å². The van der Waals surface area contributed by atoms with Gasteiger partial charge in [0.1, 0.15) is 0 Å². The molecule has 0 saturated heterocycles. The fraction of sp³-hybridized carbons (Fsp3) is 0.0625. The van der Waals surface area contributed by atoms with Crippen molar-refractivity contribution < 1.29 is 9.53 Å². The average Bonchev–Trinajstić information content (AvgIpc) is 2.90. The Bertz CT molecular complexity index is 773. The summed E-state index contributed by atoms with van der Waals surface area (Å²) in [6, 6.07) is 15.1. The van der Waals surface area contributed by atoms with Gasteiger partial charge in [-0.3, -0.25) is 0 Å². The Hall–Kier alpha value is -2.75. The van der Waals surface area contributed by atoms with Gasteiger partial charge in [0.05, 0.1) is 18.2 Å². The number of hydrogen-bond donors (Lipinski definition) is 1. The molecule has 0 radical (unpaired) electrons. The average molecular weight is 266 g/mol. The van der Waals surface area contributed by atoms with Gasteiger partial charge in [-0.25, -0.2) is 4.79 Å². The molecule has 0 aliphatic heterocycles. The number of carbonyl (C=O) groups excluding carboxylic acids is 1. The van der Waals surface area contributed by atoms with Crippen LogP contribution in [0.15, 0.2) is 54.7 Å². The number of aromatic nitrogens is 1. The third-order valence-electron chi connectivity index (χ3n) is 3.28. The van der Waals surface area contributed by atoms with Crippen LogP contribution in [0.5, 0.6) is 0 Å². The molecular weight excluding hydrogens is 252 g/mol. The first kappa shape index (κ1) is 12.3. The Balaban J connectivity index is 2.10. The van der Waals surface area contributed by atoms with E-state index in [2.05, 4.69) is 4.57 Å². The normalized spacial score (nSPS) is 10.7. The van der Waals surface area contributed by atoms with Gasteiger partial charge in [0.15, 0.2) is 0 Å². The number of nitrogens with zero attached hydrogens (tertiary/aromatic N) is 1. The maximum absolute atomic E-state index is 11.5. The summed E-state index contributed by atoms with van der Waals surface area (Å²) in [5.74, 6) is -0.327. The highest BCUT2D eigenvalue weighted by molar-refractivity contribution is 5.95. The van der Waals surface area contributed by atoms with Crippen LogP contribution in [0.1, 0.15) is 10.4 Å². The Morgan fingerprint density at radius 2 is 1.85 bits per heavy atom. The van der Waals surface area contributed by atoms with Crippen LogP contribution >= 0.6 is 0 Å². The highest BCUT2D eigenvalue weighted by Gasteiger charge is 2.08. The van der Waals surface area contributed by atoms with E-state index in [9.17, 15) is 4.79 Å². The predicted octanol–water partition coefficient (Wildman–Crippen LogP) is 3.00. The molecule has 4 heteroatoms. The van der Waals surface area contributed by atoms with Crippen molar-refractivity contribution in [3.8, 4) is 5.69 Å². The zero-order valence-electron chi connectivity index (χ0n) is 11.0. The number of nitrogen functional groups attached to an aromatic ring is 1. The minimum Gasteiger partial charge on any atom is -0.465 e. The molecule has 0 saturated carbocycles. The van der Waals surface area contributed by atoms with E-state index in [1.165, 1.54) is 7.11 Å². The molecule has 2 aromatic carbocycles. The lowest BCUT2D eigenvalue weighted by atomic mass is 10.1. The third kappa shape index (κ3) is 2.01. The van der Waals surface area contributed by atoms with Crippen LogP contribution in [-0.4, -0.2) is 17.6 Å². The van der Waals surface area contributed by atoms with Crippen LogP contribution < -0.4 is 5.73 Å². The number of hydrogen-bond acceptors (Lipinski definition) is 3. The summed E-state index contributed by atoms with van der Waals surface area (Å²) in [6.07, 6.45) is 1.97. The molecule has 100 valence electrons. The quantitative estimate of drug-likeness (QED) is 0.573. The smallest absolute Gasteiger partial charge is 0.337 e. The van der Waals surface area contributed by atoms with Crippen molar-refractivity contribution in [2.45, 2.75) is 0 Å². The lowest BCUT2D eigenvalue weighted by Crippen LogP contribution is -2.00. The Labute approximate surface area is 116 Å². The van der Waals surface area contributed by atoms with E-state index in [1.54, 1.807) is 6.07 Å². The van der Waals surface area contributed by atoms with Crippen molar-refractivity contribution in [3.05, 3.63) is 60.3 Å². The van der Waals surface area contributed by atoms with Crippen molar-refractivity contribution in [2.24, 2.45) is 0 Å². The maximum atomic E-state index is 11.5. The Kier molecular flexibility index (Phi) is 2.91. The van der Waals surface area contributed by atoms with Gasteiger partial charge in [0, 0.05) is 23.0 Å². The number of rotatable bonds is 2. The molecule has 20 heavy (non-hydrogen) atoms. The summed E-state index contributed by atoms with van der Waals surface area (Å²) >= 11 is 0. The molecule has 3 aromatic rings. The number of fused-ring (bicyclic) bond motifs is 1. The lowest BCUT2D eigenvalue weighted by molar-refractivity contribution is 0.0601. The summed E-state index contributed by atoms with van der Waals surface area (Å²) in [5, 5.41) is 0.990. The topological polar surface area (TPSA) is 57.2 Å². The molecule has 0 fully saturated rings. The Morgan fingerprint density at radius 1 is 1.10 bits per heavy atom. The zero-order chi connectivity index (χ0) is 14.1. The van der Waals surface area contributed by atoms with Crippen LogP contribution in [0, 0.1) is 0 Å². The number of methoxy groups -OCH3 is 1. The van der Waals surface area contributed by atoms with E-state index in [1.807, 2.05) is 48.7 Å². The first-order valence-electron chi connectivity index (χ1n) is 6.24. The monoisotopic (exact) mass is 266 g/mol. The second kappa shape index (κ2) is 4.74. The highest BCUT2D eigenvalue weighted by Crippen LogP contribution is 2.22. The SMILES string of the molecule is COC(=O)c1ccc2c(ccn2-c2ccc(N)cc2)c1. The van der Waals surface area contributed by atoms with Crippen LogP contribution in [0.25, 0.3) is 16.6 Å². The van der Waals surface area contributed by atoms with Crippen LogP contribution in [-0.2, 0) is 4.74 Å². The summed E-state index contributed by atoms with van der Waals surface area (Å²) < 4.78 is 6.78. The molecule has 4 nitrogen and oxygen atoms in total. The predicted molar refractivity (Wildman–Crippen MR) is 79.0 cm³/mol. The van der Waals surface area contributed by atoms with Crippen molar-refractivity contribution in [2.75, 3.05) is 12.8 Å². The van der Waals surface area contributed by atoms with Crippen molar-refractivity contribution in [1.29, 1.82) is 0 Å². The van der Waals surface area contributed by atoms with E-state index in [0.29, 0.717) is 5.56 Å².